The molecule has 2 heteroatoms. The highest BCUT2D eigenvalue weighted by molar-refractivity contribution is 5.62. The van der Waals surface area contributed by atoms with Gasteiger partial charge in [-0.15, -0.1) is 0 Å². The summed E-state index contributed by atoms with van der Waals surface area (Å²) in [4.78, 5) is 0. The maximum Gasteiger partial charge on any atom is 0.0385 e. The van der Waals surface area contributed by atoms with E-state index in [4.69, 9.17) is 0 Å². The van der Waals surface area contributed by atoms with Gasteiger partial charge in [-0.3, -0.25) is 0 Å². The predicted molar refractivity (Wildman–Crippen MR) is 89.0 cm³/mol. The zero-order valence-electron chi connectivity index (χ0n) is 12.8. The third-order valence-electron chi connectivity index (χ3n) is 3.21. The van der Waals surface area contributed by atoms with Crippen LogP contribution in [0.2, 0.25) is 0 Å². The summed E-state index contributed by atoms with van der Waals surface area (Å²) in [6.45, 7) is 8.71. The van der Waals surface area contributed by atoms with E-state index in [1.54, 1.807) is 0 Å². The minimum absolute atomic E-state index is 0.456. The molecule has 0 atom stereocenters. The molecule has 2 aromatic carbocycles. The summed E-state index contributed by atoms with van der Waals surface area (Å²) < 4.78 is 0. The highest BCUT2D eigenvalue weighted by Crippen LogP contribution is 2.21. The van der Waals surface area contributed by atoms with Gasteiger partial charge in [0.1, 0.15) is 0 Å². The van der Waals surface area contributed by atoms with Crippen molar-refractivity contribution >= 4 is 17.1 Å². The van der Waals surface area contributed by atoms with Crippen molar-refractivity contribution in [2.75, 3.05) is 10.6 Å². The Hall–Kier alpha value is -1.96. The Morgan fingerprint density at radius 2 is 1.10 bits per heavy atom. The zero-order valence-corrected chi connectivity index (χ0v) is 12.8. The lowest BCUT2D eigenvalue weighted by Crippen LogP contribution is -2.09. The van der Waals surface area contributed by atoms with E-state index >= 15 is 0 Å². The Balaban J connectivity index is 2.02. The Morgan fingerprint density at radius 1 is 0.650 bits per heavy atom. The molecule has 2 nitrogen and oxygen atoms in total. The number of benzene rings is 2. The summed E-state index contributed by atoms with van der Waals surface area (Å²) in [5, 5.41) is 6.81. The molecular weight excluding hydrogens is 244 g/mol. The molecule has 2 rings (SSSR count). The molecule has 0 aliphatic heterocycles. The van der Waals surface area contributed by atoms with Crippen molar-refractivity contribution in [3.8, 4) is 0 Å². The Labute approximate surface area is 122 Å². The molecule has 0 aliphatic rings. The van der Waals surface area contributed by atoms with Gasteiger partial charge in [0.25, 0.3) is 0 Å². The highest BCUT2D eigenvalue weighted by atomic mass is 14.9. The number of anilines is 3. The molecule has 0 amide bonds. The molecule has 0 saturated carbocycles. The van der Waals surface area contributed by atoms with Crippen LogP contribution in [0, 0.1) is 0 Å². The predicted octanol–water partition coefficient (Wildman–Crippen LogP) is 5.37. The van der Waals surface area contributed by atoms with Crippen LogP contribution in [0.1, 0.15) is 39.2 Å². The quantitative estimate of drug-likeness (QED) is 0.761. The fraction of sp³-hybridized carbons (Fsp3) is 0.333. The van der Waals surface area contributed by atoms with E-state index in [-0.39, 0.29) is 0 Å². The average molecular weight is 268 g/mol. The van der Waals surface area contributed by atoms with E-state index in [9.17, 15) is 0 Å². The van der Waals surface area contributed by atoms with Crippen molar-refractivity contribution < 1.29 is 0 Å². The fourth-order valence-electron chi connectivity index (χ4n) is 2.10. The van der Waals surface area contributed by atoms with Crippen LogP contribution in [0.15, 0.2) is 48.5 Å². The van der Waals surface area contributed by atoms with Crippen LogP contribution < -0.4 is 10.6 Å². The van der Waals surface area contributed by atoms with Gasteiger partial charge in [0.2, 0.25) is 0 Å². The smallest absolute Gasteiger partial charge is 0.0385 e. The first-order valence-corrected chi connectivity index (χ1v) is 7.28. The monoisotopic (exact) mass is 268 g/mol. The molecule has 2 N–H and O–H groups in total. The minimum atomic E-state index is 0.456. The minimum Gasteiger partial charge on any atom is -0.383 e. The second kappa shape index (κ2) is 6.47. The number of rotatable bonds is 5. The lowest BCUT2D eigenvalue weighted by atomic mass is 10.0. The summed E-state index contributed by atoms with van der Waals surface area (Å²) in [7, 11) is 0. The molecule has 0 bridgehead atoms. The van der Waals surface area contributed by atoms with Gasteiger partial charge in [0.15, 0.2) is 0 Å². The van der Waals surface area contributed by atoms with Gasteiger partial charge in [-0.25, -0.2) is 0 Å². The van der Waals surface area contributed by atoms with E-state index in [0.29, 0.717) is 12.0 Å². The second-order valence-electron chi connectivity index (χ2n) is 5.78. The maximum absolute atomic E-state index is 3.42. The summed E-state index contributed by atoms with van der Waals surface area (Å²) in [6.07, 6.45) is 0. The highest BCUT2D eigenvalue weighted by Gasteiger charge is 2.00. The molecule has 0 aromatic heterocycles. The lowest BCUT2D eigenvalue weighted by molar-refractivity contribution is 0.867. The van der Waals surface area contributed by atoms with Crippen LogP contribution in [0.3, 0.4) is 0 Å². The standard InChI is InChI=1S/C18H24N2/c1-13(2)15-5-7-17(8-6-15)20-18-11-9-16(10-12-18)19-14(3)4/h5-14,19-20H,1-4H3. The zero-order chi connectivity index (χ0) is 14.5. The maximum atomic E-state index is 3.42. The molecule has 0 fully saturated rings. The molecule has 0 unspecified atom stereocenters. The van der Waals surface area contributed by atoms with E-state index in [1.807, 2.05) is 0 Å². The largest absolute Gasteiger partial charge is 0.383 e. The normalized spacial score (nSPS) is 10.9. The first-order valence-electron chi connectivity index (χ1n) is 7.28. The third kappa shape index (κ3) is 4.02. The van der Waals surface area contributed by atoms with Gasteiger partial charge < -0.3 is 10.6 Å². The summed E-state index contributed by atoms with van der Waals surface area (Å²) in [5.41, 5.74) is 4.75. The lowest BCUT2D eigenvalue weighted by Gasteiger charge is -2.12. The fourth-order valence-corrected chi connectivity index (χ4v) is 2.10. The van der Waals surface area contributed by atoms with Crippen molar-refractivity contribution in [1.29, 1.82) is 0 Å². The molecular formula is C18H24N2. The molecule has 0 radical (unpaired) electrons. The Morgan fingerprint density at radius 3 is 1.55 bits per heavy atom. The Bertz CT molecular complexity index is 524. The van der Waals surface area contributed by atoms with Crippen molar-refractivity contribution in [2.45, 2.75) is 39.7 Å². The molecule has 0 spiro atoms. The van der Waals surface area contributed by atoms with Crippen molar-refractivity contribution in [3.63, 3.8) is 0 Å². The SMILES string of the molecule is CC(C)Nc1ccc(Nc2ccc(C(C)C)cc2)cc1. The van der Waals surface area contributed by atoms with Crippen LogP contribution in [-0.4, -0.2) is 6.04 Å². The van der Waals surface area contributed by atoms with Crippen LogP contribution in [0.5, 0.6) is 0 Å². The molecule has 106 valence electrons. The van der Waals surface area contributed by atoms with Crippen LogP contribution >= 0.6 is 0 Å². The third-order valence-corrected chi connectivity index (χ3v) is 3.21. The Kier molecular flexibility index (Phi) is 4.67. The molecule has 0 saturated heterocycles. The van der Waals surface area contributed by atoms with E-state index in [1.165, 1.54) is 5.56 Å². The van der Waals surface area contributed by atoms with Crippen LogP contribution in [-0.2, 0) is 0 Å². The molecule has 2 aromatic rings. The van der Waals surface area contributed by atoms with E-state index in [2.05, 4.69) is 86.9 Å². The van der Waals surface area contributed by atoms with Gasteiger partial charge in [-0.05, 0) is 61.7 Å². The van der Waals surface area contributed by atoms with Crippen LogP contribution in [0.25, 0.3) is 0 Å². The molecule has 0 heterocycles. The van der Waals surface area contributed by atoms with Gasteiger partial charge in [0.05, 0.1) is 0 Å². The number of hydrogen-bond donors (Lipinski definition) is 2. The van der Waals surface area contributed by atoms with Gasteiger partial charge >= 0.3 is 0 Å². The first-order chi connectivity index (χ1) is 9.54. The number of nitrogens with one attached hydrogen (secondary N) is 2. The van der Waals surface area contributed by atoms with E-state index in [0.717, 1.165) is 17.1 Å². The van der Waals surface area contributed by atoms with Crippen molar-refractivity contribution in [2.24, 2.45) is 0 Å². The summed E-state index contributed by atoms with van der Waals surface area (Å²) in [6, 6.07) is 17.5. The van der Waals surface area contributed by atoms with Gasteiger partial charge in [-0.2, -0.15) is 0 Å². The average Bonchev–Trinajstić information content (AvgIpc) is 2.41. The summed E-state index contributed by atoms with van der Waals surface area (Å²) >= 11 is 0. The molecule has 0 aliphatic carbocycles. The van der Waals surface area contributed by atoms with Crippen molar-refractivity contribution in [1.82, 2.24) is 0 Å². The summed E-state index contributed by atoms with van der Waals surface area (Å²) in [5.74, 6) is 0.574. The first kappa shape index (κ1) is 14.4. The topological polar surface area (TPSA) is 24.1 Å². The molecule has 20 heavy (non-hydrogen) atoms. The van der Waals surface area contributed by atoms with Crippen molar-refractivity contribution in [3.05, 3.63) is 54.1 Å². The van der Waals surface area contributed by atoms with E-state index < -0.39 is 0 Å². The number of hydrogen-bond acceptors (Lipinski definition) is 2. The second-order valence-corrected chi connectivity index (χ2v) is 5.78. The van der Waals surface area contributed by atoms with Crippen LogP contribution in [0.4, 0.5) is 17.1 Å². The van der Waals surface area contributed by atoms with Gasteiger partial charge in [-0.1, -0.05) is 26.0 Å². The van der Waals surface area contributed by atoms with Gasteiger partial charge in [0, 0.05) is 23.1 Å².